The number of piperidine rings is 1. The molecule has 144 valence electrons. The van der Waals surface area contributed by atoms with E-state index in [1.54, 1.807) is 0 Å². The summed E-state index contributed by atoms with van der Waals surface area (Å²) < 4.78 is 10.4. The number of aliphatic hydroxyl groups is 6. The second-order valence-electron chi connectivity index (χ2n) is 6.30. The summed E-state index contributed by atoms with van der Waals surface area (Å²) in [6, 6.07) is 0. The Labute approximate surface area is 146 Å². The molecule has 10 heteroatoms. The first kappa shape index (κ1) is 22.0. The van der Waals surface area contributed by atoms with E-state index in [-0.39, 0.29) is 25.6 Å². The zero-order valence-electron chi connectivity index (χ0n) is 13.5. The second-order valence-corrected chi connectivity index (χ2v) is 6.30. The molecule has 24 heavy (non-hydrogen) atoms. The molecule has 0 amide bonds. The summed E-state index contributed by atoms with van der Waals surface area (Å²) in [6.45, 7) is 0.866. The van der Waals surface area contributed by atoms with Gasteiger partial charge in [0.25, 0.3) is 0 Å². The third-order valence-electron chi connectivity index (χ3n) is 4.68. The Kier molecular flexibility index (Phi) is 8.77. The minimum atomic E-state index is -1.36. The van der Waals surface area contributed by atoms with Crippen LogP contribution in [0.5, 0.6) is 0 Å². The topological polar surface area (TPSA) is 143 Å². The average molecular weight is 374 g/mol. The van der Waals surface area contributed by atoms with Gasteiger partial charge in [-0.1, -0.05) is 0 Å². The van der Waals surface area contributed by atoms with Gasteiger partial charge >= 0.3 is 0 Å². The minimum absolute atomic E-state index is 0. The van der Waals surface area contributed by atoms with Crippen LogP contribution in [0, 0.1) is 5.92 Å². The van der Waals surface area contributed by atoms with Crippen molar-refractivity contribution in [3.05, 3.63) is 0 Å². The van der Waals surface area contributed by atoms with Gasteiger partial charge < -0.3 is 45.0 Å². The molecule has 2 saturated heterocycles. The van der Waals surface area contributed by atoms with Crippen LogP contribution in [0.25, 0.3) is 0 Å². The highest BCUT2D eigenvalue weighted by Gasteiger charge is 2.44. The molecule has 2 aliphatic rings. The van der Waals surface area contributed by atoms with E-state index in [2.05, 4.69) is 0 Å². The SMILES string of the molecule is CO[C@H]1O[C@H](CCN2C[C@H](CO)[C@@H](O)[C@H](O)C2)[C@@H](O)[C@H](O)[C@H]1O.Cl. The molecule has 2 aliphatic heterocycles. The van der Waals surface area contributed by atoms with E-state index in [0.717, 1.165) is 0 Å². The smallest absolute Gasteiger partial charge is 0.186 e. The molecule has 6 N–H and O–H groups in total. The first-order valence-electron chi connectivity index (χ1n) is 7.80. The summed E-state index contributed by atoms with van der Waals surface area (Å²) in [6.07, 6.45) is -7.24. The molecule has 0 aromatic heterocycles. The van der Waals surface area contributed by atoms with Gasteiger partial charge in [0.15, 0.2) is 6.29 Å². The molecule has 0 radical (unpaired) electrons. The van der Waals surface area contributed by atoms with Gasteiger partial charge in [0, 0.05) is 39.3 Å². The second kappa shape index (κ2) is 9.58. The third kappa shape index (κ3) is 4.76. The Morgan fingerprint density at radius 2 is 1.67 bits per heavy atom. The molecular formula is C14H28ClNO8. The summed E-state index contributed by atoms with van der Waals surface area (Å²) in [7, 11) is 1.34. The zero-order chi connectivity index (χ0) is 17.1. The molecule has 0 unspecified atom stereocenters. The number of halogens is 1. The minimum Gasteiger partial charge on any atom is -0.396 e. The molecule has 0 spiro atoms. The predicted octanol–water partition coefficient (Wildman–Crippen LogP) is -3.10. The molecule has 0 bridgehead atoms. The number of methoxy groups -OCH3 is 1. The molecule has 0 saturated carbocycles. The summed E-state index contributed by atoms with van der Waals surface area (Å²) in [5, 5.41) is 58.4. The van der Waals surface area contributed by atoms with E-state index >= 15 is 0 Å². The van der Waals surface area contributed by atoms with Crippen molar-refractivity contribution in [1.82, 2.24) is 4.90 Å². The van der Waals surface area contributed by atoms with E-state index in [1.165, 1.54) is 7.11 Å². The van der Waals surface area contributed by atoms with Crippen molar-refractivity contribution in [1.29, 1.82) is 0 Å². The normalized spacial score (nSPS) is 44.1. The summed E-state index contributed by atoms with van der Waals surface area (Å²) in [4.78, 5) is 1.85. The molecule has 0 aromatic rings. The lowest BCUT2D eigenvalue weighted by atomic mass is 9.92. The van der Waals surface area contributed by atoms with Gasteiger partial charge in [-0.2, -0.15) is 0 Å². The molecule has 2 fully saturated rings. The zero-order valence-corrected chi connectivity index (χ0v) is 14.3. The van der Waals surface area contributed by atoms with Crippen molar-refractivity contribution in [2.45, 2.75) is 49.3 Å². The molecular weight excluding hydrogens is 346 g/mol. The summed E-state index contributed by atoms with van der Waals surface area (Å²) in [5.41, 5.74) is 0. The number of rotatable bonds is 5. The number of β-amino-alcohol motifs (C(OH)–C–C–N with tert-alkyl or cyclic N) is 1. The predicted molar refractivity (Wildman–Crippen MR) is 84.6 cm³/mol. The van der Waals surface area contributed by atoms with Crippen LogP contribution in [0.3, 0.4) is 0 Å². The number of hydrogen-bond acceptors (Lipinski definition) is 9. The van der Waals surface area contributed by atoms with Crippen molar-refractivity contribution in [2.75, 3.05) is 33.4 Å². The fourth-order valence-electron chi connectivity index (χ4n) is 3.21. The Morgan fingerprint density at radius 1 is 1.00 bits per heavy atom. The van der Waals surface area contributed by atoms with Crippen LogP contribution in [0.4, 0.5) is 0 Å². The fraction of sp³-hybridized carbons (Fsp3) is 1.00. The Bertz CT molecular complexity index is 377. The lowest BCUT2D eigenvalue weighted by Crippen LogP contribution is -2.59. The fourth-order valence-corrected chi connectivity index (χ4v) is 3.21. The van der Waals surface area contributed by atoms with Crippen LogP contribution in [0.2, 0.25) is 0 Å². The number of likely N-dealkylation sites (tertiary alicyclic amines) is 1. The van der Waals surface area contributed by atoms with Crippen LogP contribution >= 0.6 is 12.4 Å². The quantitative estimate of drug-likeness (QED) is 0.295. The van der Waals surface area contributed by atoms with Gasteiger partial charge in [-0.25, -0.2) is 0 Å². The van der Waals surface area contributed by atoms with Crippen LogP contribution in [0.1, 0.15) is 6.42 Å². The van der Waals surface area contributed by atoms with E-state index < -0.39 is 48.8 Å². The lowest BCUT2D eigenvalue weighted by Gasteiger charge is -2.42. The van der Waals surface area contributed by atoms with E-state index in [4.69, 9.17) is 9.47 Å². The molecule has 0 aromatic carbocycles. The number of aliphatic hydroxyl groups excluding tert-OH is 6. The van der Waals surface area contributed by atoms with Gasteiger partial charge in [-0.15, -0.1) is 12.4 Å². The standard InChI is InChI=1S/C14H27NO8.ClH/c1-22-14-13(21)12(20)11(19)9(23-14)2-3-15-4-7(6-16)10(18)8(17)5-15;/h7-14,16-21H,2-6H2,1H3;1H/t7-,8-,9-,10-,11-,12+,13-,14+;/m1./s1. The van der Waals surface area contributed by atoms with Crippen molar-refractivity contribution >= 4 is 12.4 Å². The number of ether oxygens (including phenoxy) is 2. The lowest BCUT2D eigenvalue weighted by molar-refractivity contribution is -0.291. The highest BCUT2D eigenvalue weighted by molar-refractivity contribution is 5.85. The molecule has 8 atom stereocenters. The highest BCUT2D eigenvalue weighted by Crippen LogP contribution is 2.25. The van der Waals surface area contributed by atoms with E-state index in [0.29, 0.717) is 19.5 Å². The van der Waals surface area contributed by atoms with Crippen LogP contribution in [0.15, 0.2) is 0 Å². The Hall–Kier alpha value is -0.0700. The van der Waals surface area contributed by atoms with Gasteiger partial charge in [0.2, 0.25) is 0 Å². The molecule has 2 rings (SSSR count). The molecule has 9 nitrogen and oxygen atoms in total. The van der Waals surface area contributed by atoms with Crippen molar-refractivity contribution in [3.8, 4) is 0 Å². The highest BCUT2D eigenvalue weighted by atomic mass is 35.5. The largest absolute Gasteiger partial charge is 0.396 e. The van der Waals surface area contributed by atoms with Gasteiger partial charge in [0.05, 0.1) is 18.3 Å². The van der Waals surface area contributed by atoms with Crippen LogP contribution in [-0.4, -0.2) is 112 Å². The number of nitrogens with zero attached hydrogens (tertiary/aromatic N) is 1. The maximum absolute atomic E-state index is 10.0. The monoisotopic (exact) mass is 373 g/mol. The summed E-state index contributed by atoms with van der Waals surface area (Å²) in [5.74, 6) is -0.435. The molecule has 0 aliphatic carbocycles. The average Bonchev–Trinajstić information content (AvgIpc) is 2.55. The first-order valence-corrected chi connectivity index (χ1v) is 7.80. The Morgan fingerprint density at radius 3 is 2.25 bits per heavy atom. The first-order chi connectivity index (χ1) is 10.9. The Balaban J connectivity index is 0.00000288. The van der Waals surface area contributed by atoms with Gasteiger partial charge in [-0.3, -0.25) is 0 Å². The van der Waals surface area contributed by atoms with E-state index in [9.17, 15) is 30.6 Å². The van der Waals surface area contributed by atoms with Gasteiger partial charge in [0.1, 0.15) is 18.3 Å². The van der Waals surface area contributed by atoms with Crippen LogP contribution < -0.4 is 0 Å². The third-order valence-corrected chi connectivity index (χ3v) is 4.68. The van der Waals surface area contributed by atoms with Crippen LogP contribution in [-0.2, 0) is 9.47 Å². The van der Waals surface area contributed by atoms with Crippen molar-refractivity contribution < 1.29 is 40.1 Å². The maximum atomic E-state index is 10.0. The summed E-state index contributed by atoms with van der Waals surface area (Å²) >= 11 is 0. The maximum Gasteiger partial charge on any atom is 0.186 e. The molecule has 2 heterocycles. The van der Waals surface area contributed by atoms with E-state index in [1.807, 2.05) is 4.90 Å². The van der Waals surface area contributed by atoms with Crippen molar-refractivity contribution in [2.24, 2.45) is 5.92 Å². The van der Waals surface area contributed by atoms with Gasteiger partial charge in [-0.05, 0) is 6.42 Å². The van der Waals surface area contributed by atoms with Crippen molar-refractivity contribution in [3.63, 3.8) is 0 Å². The number of hydrogen-bond donors (Lipinski definition) is 6.